The number of anilines is 1. The van der Waals surface area contributed by atoms with Gasteiger partial charge in [-0.2, -0.15) is 0 Å². The van der Waals surface area contributed by atoms with E-state index in [1.54, 1.807) is 6.07 Å². The van der Waals surface area contributed by atoms with E-state index in [1.807, 2.05) is 19.9 Å². The van der Waals surface area contributed by atoms with Gasteiger partial charge in [0.1, 0.15) is 17.8 Å². The molecule has 2 heterocycles. The average Bonchev–Trinajstić information content (AvgIpc) is 2.75. The van der Waals surface area contributed by atoms with E-state index < -0.39 is 0 Å². The average molecular weight is 380 g/mol. The number of amides is 1. The topological polar surface area (TPSA) is 61.4 Å². The Labute approximate surface area is 167 Å². The Kier molecular flexibility index (Phi) is 7.14. The maximum atomic E-state index is 12.3. The number of benzene rings is 1. The molecule has 0 bridgehead atoms. The van der Waals surface area contributed by atoms with E-state index in [-0.39, 0.29) is 11.9 Å². The van der Waals surface area contributed by atoms with Crippen molar-refractivity contribution in [2.24, 2.45) is 0 Å². The van der Waals surface area contributed by atoms with E-state index in [0.29, 0.717) is 5.69 Å². The second-order valence-electron chi connectivity index (χ2n) is 7.14. The van der Waals surface area contributed by atoms with E-state index in [1.165, 1.54) is 11.9 Å². The quantitative estimate of drug-likeness (QED) is 0.802. The maximum Gasteiger partial charge on any atom is 0.270 e. The Bertz CT molecular complexity index is 785. The van der Waals surface area contributed by atoms with Gasteiger partial charge in [0, 0.05) is 44.8 Å². The van der Waals surface area contributed by atoms with E-state index in [9.17, 15) is 4.79 Å². The molecule has 28 heavy (non-hydrogen) atoms. The summed E-state index contributed by atoms with van der Waals surface area (Å²) in [5, 5.41) is 2.96. The number of rotatable bonds is 7. The first-order valence-electron chi connectivity index (χ1n) is 9.97. The molecule has 1 unspecified atom stereocenters. The van der Waals surface area contributed by atoms with Crippen LogP contribution in [0.15, 0.2) is 48.8 Å². The number of hydrogen-bond acceptors (Lipinski definition) is 5. The fourth-order valence-electron chi connectivity index (χ4n) is 3.11. The summed E-state index contributed by atoms with van der Waals surface area (Å²) < 4.78 is 0. The lowest BCUT2D eigenvalue weighted by Crippen LogP contribution is -2.46. The number of carbonyl (C=O) groups excluding carboxylic acids is 1. The molecule has 0 saturated carbocycles. The minimum atomic E-state index is -0.136. The van der Waals surface area contributed by atoms with Crippen molar-refractivity contribution in [3.8, 4) is 0 Å². The second-order valence-corrected chi connectivity index (χ2v) is 7.14. The molecule has 3 rings (SSSR count). The standard InChI is InChI=1S/C22H29N5O/c1-3-18(2)25-22(28)20-16-21(24-17-23-20)27-14-12-26(13-15-27)11-7-10-19-8-5-4-6-9-19/h4-10,16-18H,3,11-15H2,1-2H3,(H,25,28)/b10-7+. The summed E-state index contributed by atoms with van der Waals surface area (Å²) in [5.74, 6) is 0.687. The zero-order valence-corrected chi connectivity index (χ0v) is 16.7. The molecule has 1 fully saturated rings. The van der Waals surface area contributed by atoms with Gasteiger partial charge < -0.3 is 10.2 Å². The van der Waals surface area contributed by atoms with Crippen LogP contribution < -0.4 is 10.2 Å². The Balaban J connectivity index is 1.51. The van der Waals surface area contributed by atoms with Crippen LogP contribution in [-0.4, -0.2) is 59.5 Å². The van der Waals surface area contributed by atoms with Crippen LogP contribution in [0, 0.1) is 0 Å². The molecule has 1 aliphatic heterocycles. The third kappa shape index (κ3) is 5.63. The molecule has 1 atom stereocenters. The number of nitrogens with zero attached hydrogens (tertiary/aromatic N) is 4. The first kappa shape index (κ1) is 20.0. The lowest BCUT2D eigenvalue weighted by Gasteiger charge is -2.34. The highest BCUT2D eigenvalue weighted by Crippen LogP contribution is 2.14. The molecule has 0 aliphatic carbocycles. The van der Waals surface area contributed by atoms with E-state index in [4.69, 9.17) is 0 Å². The fraction of sp³-hybridized carbons (Fsp3) is 0.409. The molecular formula is C22H29N5O. The highest BCUT2D eigenvalue weighted by molar-refractivity contribution is 5.93. The molecule has 1 amide bonds. The molecule has 6 nitrogen and oxygen atoms in total. The minimum Gasteiger partial charge on any atom is -0.354 e. The molecule has 0 radical (unpaired) electrons. The molecule has 148 valence electrons. The SMILES string of the molecule is CCC(C)NC(=O)c1cc(N2CCN(C/C=C/c3ccccc3)CC2)ncn1. The normalized spacial score (nSPS) is 16.3. The lowest BCUT2D eigenvalue weighted by atomic mass is 10.2. The van der Waals surface area contributed by atoms with Gasteiger partial charge in [0.05, 0.1) is 0 Å². The number of nitrogens with one attached hydrogen (secondary N) is 1. The summed E-state index contributed by atoms with van der Waals surface area (Å²) in [6.07, 6.45) is 6.76. The summed E-state index contributed by atoms with van der Waals surface area (Å²) in [6.45, 7) is 8.70. The molecule has 0 spiro atoms. The van der Waals surface area contributed by atoms with E-state index in [2.05, 4.69) is 61.5 Å². The molecule has 2 aromatic rings. The lowest BCUT2D eigenvalue weighted by molar-refractivity contribution is 0.0934. The van der Waals surface area contributed by atoms with Crippen molar-refractivity contribution >= 4 is 17.8 Å². The van der Waals surface area contributed by atoms with Crippen molar-refractivity contribution < 1.29 is 4.79 Å². The van der Waals surface area contributed by atoms with E-state index in [0.717, 1.165) is 45.0 Å². The number of piperazine rings is 1. The van der Waals surface area contributed by atoms with Gasteiger partial charge in [0.2, 0.25) is 0 Å². The Morgan fingerprint density at radius 2 is 1.93 bits per heavy atom. The number of hydrogen-bond donors (Lipinski definition) is 1. The maximum absolute atomic E-state index is 12.3. The van der Waals surface area contributed by atoms with Crippen LogP contribution in [0.2, 0.25) is 0 Å². The van der Waals surface area contributed by atoms with Gasteiger partial charge in [-0.3, -0.25) is 9.69 Å². The van der Waals surface area contributed by atoms with Gasteiger partial charge in [-0.1, -0.05) is 49.4 Å². The summed E-state index contributed by atoms with van der Waals surface area (Å²) in [7, 11) is 0. The van der Waals surface area contributed by atoms with Crippen molar-refractivity contribution in [1.82, 2.24) is 20.2 Å². The van der Waals surface area contributed by atoms with Gasteiger partial charge in [0.25, 0.3) is 5.91 Å². The molecule has 6 heteroatoms. The van der Waals surface area contributed by atoms with E-state index >= 15 is 0 Å². The van der Waals surface area contributed by atoms with Crippen LogP contribution in [-0.2, 0) is 0 Å². The summed E-state index contributed by atoms with van der Waals surface area (Å²) in [4.78, 5) is 25.5. The van der Waals surface area contributed by atoms with Crippen molar-refractivity contribution in [3.05, 3.63) is 60.1 Å². The molecule has 1 aromatic heterocycles. The molecule has 1 N–H and O–H groups in total. The number of aromatic nitrogens is 2. The first-order valence-corrected chi connectivity index (χ1v) is 9.97. The molecule has 1 aromatic carbocycles. The third-order valence-electron chi connectivity index (χ3n) is 5.04. The van der Waals surface area contributed by atoms with Crippen molar-refractivity contribution in [1.29, 1.82) is 0 Å². The zero-order chi connectivity index (χ0) is 19.8. The minimum absolute atomic E-state index is 0.136. The monoisotopic (exact) mass is 379 g/mol. The zero-order valence-electron chi connectivity index (χ0n) is 16.7. The van der Waals surface area contributed by atoms with Crippen LogP contribution in [0.4, 0.5) is 5.82 Å². The van der Waals surface area contributed by atoms with Crippen molar-refractivity contribution in [3.63, 3.8) is 0 Å². The van der Waals surface area contributed by atoms with Gasteiger partial charge in [0.15, 0.2) is 0 Å². The second kappa shape index (κ2) is 9.99. The largest absolute Gasteiger partial charge is 0.354 e. The van der Waals surface area contributed by atoms with Crippen LogP contribution >= 0.6 is 0 Å². The summed E-state index contributed by atoms with van der Waals surface area (Å²) in [5.41, 5.74) is 1.66. The smallest absolute Gasteiger partial charge is 0.270 e. The predicted octanol–water partition coefficient (Wildman–Crippen LogP) is 2.84. The molecular weight excluding hydrogens is 350 g/mol. The number of carbonyl (C=O) groups is 1. The highest BCUT2D eigenvalue weighted by Gasteiger charge is 2.19. The van der Waals surface area contributed by atoms with Gasteiger partial charge in [-0.15, -0.1) is 0 Å². The van der Waals surface area contributed by atoms with Gasteiger partial charge >= 0.3 is 0 Å². The van der Waals surface area contributed by atoms with Crippen LogP contribution in [0.1, 0.15) is 36.3 Å². The van der Waals surface area contributed by atoms with Crippen molar-refractivity contribution in [2.75, 3.05) is 37.6 Å². The summed E-state index contributed by atoms with van der Waals surface area (Å²) in [6, 6.07) is 12.3. The summed E-state index contributed by atoms with van der Waals surface area (Å²) >= 11 is 0. The van der Waals surface area contributed by atoms with Gasteiger partial charge in [-0.05, 0) is 18.9 Å². The van der Waals surface area contributed by atoms with Crippen LogP contribution in [0.3, 0.4) is 0 Å². The highest BCUT2D eigenvalue weighted by atomic mass is 16.1. The Morgan fingerprint density at radius 1 is 1.18 bits per heavy atom. The van der Waals surface area contributed by atoms with Crippen molar-refractivity contribution in [2.45, 2.75) is 26.3 Å². The fourth-order valence-corrected chi connectivity index (χ4v) is 3.11. The Hall–Kier alpha value is -2.73. The van der Waals surface area contributed by atoms with Gasteiger partial charge in [-0.25, -0.2) is 9.97 Å². The first-order chi connectivity index (χ1) is 13.7. The van der Waals surface area contributed by atoms with Crippen LogP contribution in [0.25, 0.3) is 6.08 Å². The molecule has 1 saturated heterocycles. The predicted molar refractivity (Wildman–Crippen MR) is 113 cm³/mol. The Morgan fingerprint density at radius 3 is 2.64 bits per heavy atom. The third-order valence-corrected chi connectivity index (χ3v) is 5.04. The van der Waals surface area contributed by atoms with Crippen LogP contribution in [0.5, 0.6) is 0 Å². The molecule has 1 aliphatic rings.